The summed E-state index contributed by atoms with van der Waals surface area (Å²) >= 11 is 0. The highest BCUT2D eigenvalue weighted by atomic mass is 15.1. The van der Waals surface area contributed by atoms with Gasteiger partial charge in [0.05, 0.1) is 0 Å². The summed E-state index contributed by atoms with van der Waals surface area (Å²) in [5.41, 5.74) is 7.18. The summed E-state index contributed by atoms with van der Waals surface area (Å²) in [5.74, 6) is 2.44. The lowest BCUT2D eigenvalue weighted by Crippen LogP contribution is -2.35. The van der Waals surface area contributed by atoms with Crippen molar-refractivity contribution in [1.82, 2.24) is 9.88 Å². The number of rotatable bonds is 9. The van der Waals surface area contributed by atoms with E-state index < -0.39 is 0 Å². The Morgan fingerprint density at radius 3 is 2.43 bits per heavy atom. The van der Waals surface area contributed by atoms with Crippen LogP contribution in [0, 0.1) is 17.8 Å². The zero-order valence-corrected chi connectivity index (χ0v) is 15.1. The fraction of sp³-hybridized carbons (Fsp3) is 0.750. The molecule has 0 spiro atoms. The van der Waals surface area contributed by atoms with E-state index in [4.69, 9.17) is 5.73 Å². The summed E-state index contributed by atoms with van der Waals surface area (Å²) in [6.07, 6.45) is 11.8. The fourth-order valence-electron chi connectivity index (χ4n) is 3.88. The van der Waals surface area contributed by atoms with Gasteiger partial charge in [-0.05, 0) is 61.6 Å². The van der Waals surface area contributed by atoms with Gasteiger partial charge in [0.25, 0.3) is 0 Å². The smallest absolute Gasteiger partial charge is 0.0312 e. The minimum absolute atomic E-state index is 0.775. The van der Waals surface area contributed by atoms with E-state index in [-0.39, 0.29) is 0 Å². The van der Waals surface area contributed by atoms with Crippen LogP contribution in [0.5, 0.6) is 0 Å². The van der Waals surface area contributed by atoms with E-state index in [0.29, 0.717) is 0 Å². The van der Waals surface area contributed by atoms with Crippen LogP contribution in [0.1, 0.15) is 57.9 Å². The molecule has 0 radical (unpaired) electrons. The molecule has 0 saturated heterocycles. The molecule has 1 heterocycles. The second-order valence-electron chi connectivity index (χ2n) is 7.36. The van der Waals surface area contributed by atoms with Gasteiger partial charge in [-0.2, -0.15) is 0 Å². The van der Waals surface area contributed by atoms with Crippen molar-refractivity contribution in [2.75, 3.05) is 19.6 Å². The summed E-state index contributed by atoms with van der Waals surface area (Å²) in [4.78, 5) is 6.97. The Bertz CT molecular complexity index is 408. The van der Waals surface area contributed by atoms with Gasteiger partial charge < -0.3 is 5.73 Å². The molecule has 0 bridgehead atoms. The van der Waals surface area contributed by atoms with Gasteiger partial charge in [-0.1, -0.05) is 32.8 Å². The van der Waals surface area contributed by atoms with Crippen LogP contribution in [0.2, 0.25) is 0 Å². The minimum atomic E-state index is 0.775. The van der Waals surface area contributed by atoms with Crippen LogP contribution < -0.4 is 5.73 Å². The zero-order chi connectivity index (χ0) is 16.5. The molecule has 0 aromatic carbocycles. The topological polar surface area (TPSA) is 42.2 Å². The van der Waals surface area contributed by atoms with Crippen molar-refractivity contribution in [2.45, 2.75) is 58.9 Å². The second-order valence-corrected chi connectivity index (χ2v) is 7.36. The molecule has 3 heteroatoms. The van der Waals surface area contributed by atoms with Crippen molar-refractivity contribution in [1.29, 1.82) is 0 Å². The van der Waals surface area contributed by atoms with Crippen molar-refractivity contribution in [3.8, 4) is 0 Å². The van der Waals surface area contributed by atoms with Crippen LogP contribution in [0.15, 0.2) is 24.5 Å². The molecule has 0 amide bonds. The van der Waals surface area contributed by atoms with Gasteiger partial charge in [0.2, 0.25) is 0 Å². The third-order valence-corrected chi connectivity index (χ3v) is 5.62. The van der Waals surface area contributed by atoms with Gasteiger partial charge in [-0.15, -0.1) is 0 Å². The van der Waals surface area contributed by atoms with Gasteiger partial charge in [0.15, 0.2) is 0 Å². The average molecular weight is 318 g/mol. The van der Waals surface area contributed by atoms with Crippen LogP contribution in [-0.2, 0) is 6.54 Å². The molecule has 1 aliphatic rings. The van der Waals surface area contributed by atoms with Gasteiger partial charge in [-0.3, -0.25) is 9.88 Å². The number of hydrogen-bond donors (Lipinski definition) is 1. The van der Waals surface area contributed by atoms with Gasteiger partial charge in [-0.25, -0.2) is 0 Å². The normalized spacial score (nSPS) is 22.0. The molecular weight excluding hydrogens is 282 g/mol. The molecule has 23 heavy (non-hydrogen) atoms. The van der Waals surface area contributed by atoms with Crippen molar-refractivity contribution in [3.05, 3.63) is 30.1 Å². The first-order valence-electron chi connectivity index (χ1n) is 9.56. The molecule has 3 nitrogen and oxygen atoms in total. The third-order valence-electron chi connectivity index (χ3n) is 5.62. The molecule has 1 aromatic rings. The summed E-state index contributed by atoms with van der Waals surface area (Å²) in [6.45, 7) is 9.02. The predicted molar refractivity (Wildman–Crippen MR) is 98.1 cm³/mol. The molecule has 0 aliphatic heterocycles. The lowest BCUT2D eigenvalue weighted by molar-refractivity contribution is 0.153. The molecule has 130 valence electrons. The Morgan fingerprint density at radius 2 is 1.87 bits per heavy atom. The number of nitrogens with zero attached hydrogens (tertiary/aromatic N) is 2. The Kier molecular flexibility index (Phi) is 8.04. The molecular formula is C20H35N3. The molecule has 2 N–H and O–H groups in total. The number of nitrogens with two attached hydrogens (primary N) is 1. The highest BCUT2D eigenvalue weighted by Crippen LogP contribution is 2.29. The lowest BCUT2D eigenvalue weighted by atomic mass is 9.81. The van der Waals surface area contributed by atoms with Gasteiger partial charge >= 0.3 is 0 Å². The summed E-state index contributed by atoms with van der Waals surface area (Å²) < 4.78 is 0. The summed E-state index contributed by atoms with van der Waals surface area (Å²) in [5, 5.41) is 0. The zero-order valence-electron chi connectivity index (χ0n) is 15.1. The molecule has 1 aliphatic carbocycles. The largest absolute Gasteiger partial charge is 0.330 e. The number of pyridine rings is 1. The van der Waals surface area contributed by atoms with Crippen molar-refractivity contribution in [3.63, 3.8) is 0 Å². The molecule has 1 saturated carbocycles. The van der Waals surface area contributed by atoms with E-state index in [1.165, 1.54) is 57.2 Å². The predicted octanol–water partition coefficient (Wildman–Crippen LogP) is 4.08. The molecule has 0 atom stereocenters. The van der Waals surface area contributed by atoms with Crippen LogP contribution in [-0.4, -0.2) is 29.5 Å². The maximum absolute atomic E-state index is 5.84. The first-order chi connectivity index (χ1) is 11.2. The standard InChI is InChI=1S/C20H35N3/c1-3-17(4-2)14-23(16-20-6-5-11-22-13-20)15-19-9-7-18(12-21)8-10-19/h5-6,11,13,17-19H,3-4,7-10,12,14-16,21H2,1-2H3. The molecule has 0 unspecified atom stereocenters. The summed E-state index contributed by atoms with van der Waals surface area (Å²) in [7, 11) is 0. The Balaban J connectivity index is 1.92. The highest BCUT2D eigenvalue weighted by molar-refractivity contribution is 5.08. The first kappa shape index (κ1) is 18.4. The highest BCUT2D eigenvalue weighted by Gasteiger charge is 2.23. The third kappa shape index (κ3) is 6.23. The van der Waals surface area contributed by atoms with Crippen molar-refractivity contribution < 1.29 is 0 Å². The van der Waals surface area contributed by atoms with E-state index in [0.717, 1.165) is 30.8 Å². The van der Waals surface area contributed by atoms with E-state index in [2.05, 4.69) is 35.9 Å². The average Bonchev–Trinajstić information content (AvgIpc) is 2.61. The number of aromatic nitrogens is 1. The molecule has 1 aromatic heterocycles. The van der Waals surface area contributed by atoms with E-state index >= 15 is 0 Å². The Labute approximate surface area is 142 Å². The monoisotopic (exact) mass is 317 g/mol. The van der Waals surface area contributed by atoms with E-state index in [1.54, 1.807) is 0 Å². The fourth-order valence-corrected chi connectivity index (χ4v) is 3.88. The number of hydrogen-bond acceptors (Lipinski definition) is 3. The lowest BCUT2D eigenvalue weighted by Gasteiger charge is -2.34. The summed E-state index contributed by atoms with van der Waals surface area (Å²) in [6, 6.07) is 4.26. The molecule has 2 rings (SSSR count). The second kappa shape index (κ2) is 10.0. The van der Waals surface area contributed by atoms with Crippen LogP contribution in [0.25, 0.3) is 0 Å². The van der Waals surface area contributed by atoms with Gasteiger partial charge in [0, 0.05) is 32.0 Å². The van der Waals surface area contributed by atoms with E-state index in [9.17, 15) is 0 Å². The van der Waals surface area contributed by atoms with Crippen LogP contribution in [0.3, 0.4) is 0 Å². The van der Waals surface area contributed by atoms with Gasteiger partial charge in [0.1, 0.15) is 0 Å². The first-order valence-corrected chi connectivity index (χ1v) is 9.56. The maximum Gasteiger partial charge on any atom is 0.0312 e. The quantitative estimate of drug-likeness (QED) is 0.746. The minimum Gasteiger partial charge on any atom is -0.330 e. The Morgan fingerprint density at radius 1 is 1.17 bits per heavy atom. The van der Waals surface area contributed by atoms with Crippen molar-refractivity contribution in [2.24, 2.45) is 23.5 Å². The van der Waals surface area contributed by atoms with Crippen molar-refractivity contribution >= 4 is 0 Å². The van der Waals surface area contributed by atoms with Crippen LogP contribution in [0.4, 0.5) is 0 Å². The van der Waals surface area contributed by atoms with E-state index in [1.807, 2.05) is 12.4 Å². The van der Waals surface area contributed by atoms with Crippen LogP contribution >= 0.6 is 0 Å². The maximum atomic E-state index is 5.84. The Hall–Kier alpha value is -0.930. The molecule has 1 fully saturated rings. The SMILES string of the molecule is CCC(CC)CN(Cc1cccnc1)CC1CCC(CN)CC1.